The van der Waals surface area contributed by atoms with Gasteiger partial charge in [0.15, 0.2) is 0 Å². The topological polar surface area (TPSA) is 80.9 Å². The number of nitrogens with zero attached hydrogens (tertiary/aromatic N) is 6. The van der Waals surface area contributed by atoms with E-state index in [0.717, 1.165) is 69.3 Å². The molecule has 4 aliphatic carbocycles. The van der Waals surface area contributed by atoms with Crippen LogP contribution in [0.2, 0.25) is 0 Å². The van der Waals surface area contributed by atoms with Gasteiger partial charge in [0.2, 0.25) is 11.9 Å². The van der Waals surface area contributed by atoms with Gasteiger partial charge in [0.25, 0.3) is 0 Å². The van der Waals surface area contributed by atoms with Crippen LogP contribution in [0.25, 0.3) is 11.0 Å². The Bertz CT molecular complexity index is 1170. The van der Waals surface area contributed by atoms with Gasteiger partial charge < -0.3 is 9.47 Å². The third kappa shape index (κ3) is 3.45. The lowest BCUT2D eigenvalue weighted by atomic mass is 9.46. The highest BCUT2D eigenvalue weighted by Crippen LogP contribution is 2.64. The third-order valence-corrected chi connectivity index (χ3v) is 8.83. The molecule has 4 saturated carbocycles. The van der Waals surface area contributed by atoms with E-state index in [9.17, 15) is 4.79 Å². The number of aromatic nitrogens is 5. The van der Waals surface area contributed by atoms with Crippen LogP contribution in [0.5, 0.6) is 0 Å². The summed E-state index contributed by atoms with van der Waals surface area (Å²) in [4.78, 5) is 25.5. The van der Waals surface area contributed by atoms with E-state index in [1.54, 1.807) is 6.33 Å². The Labute approximate surface area is 200 Å². The first-order chi connectivity index (χ1) is 16.5. The average Bonchev–Trinajstić information content (AvgIpc) is 3.48. The van der Waals surface area contributed by atoms with Gasteiger partial charge in [-0.1, -0.05) is 26.0 Å². The van der Waals surface area contributed by atoms with Gasteiger partial charge in [-0.25, -0.2) is 14.6 Å². The van der Waals surface area contributed by atoms with E-state index in [0.29, 0.717) is 17.8 Å². The van der Waals surface area contributed by atoms with Crippen molar-refractivity contribution in [3.63, 3.8) is 0 Å². The number of amides is 1. The lowest BCUT2D eigenvalue weighted by Crippen LogP contribution is -2.60. The molecule has 2 aromatic heterocycles. The SMILES string of the molecule is CCN(CC)CCn1c(NC(=O)C23C[C@H]4C[C@@H](C2)CC(n2cncn2)(C4)C3)nc2ccccc21. The number of hydrogen-bond donors (Lipinski definition) is 1. The van der Waals surface area contributed by atoms with E-state index >= 15 is 0 Å². The van der Waals surface area contributed by atoms with Crippen LogP contribution >= 0.6 is 0 Å². The lowest BCUT2D eigenvalue weighted by molar-refractivity contribution is -0.150. The second kappa shape index (κ2) is 8.18. The standard InChI is InChI=1S/C26H35N7O/c1-3-31(4-2)9-10-32-22-8-6-5-7-21(22)29-24(32)30-23(34)25-12-19-11-20(13-25)15-26(14-19,16-25)33-18-27-17-28-33/h5-8,17-20H,3-4,9-16H2,1-2H3,(H,29,30,34)/t19-,20+,25?,26?. The summed E-state index contributed by atoms with van der Waals surface area (Å²) in [6.45, 7) is 8.15. The number of benzene rings is 1. The smallest absolute Gasteiger partial charge is 0.233 e. The van der Waals surface area contributed by atoms with Gasteiger partial charge in [-0.3, -0.25) is 10.1 Å². The number of hydrogen-bond acceptors (Lipinski definition) is 5. The Hall–Kier alpha value is -2.74. The first kappa shape index (κ1) is 21.8. The Morgan fingerprint density at radius 3 is 2.62 bits per heavy atom. The van der Waals surface area contributed by atoms with Gasteiger partial charge in [-0.2, -0.15) is 5.10 Å². The van der Waals surface area contributed by atoms with Gasteiger partial charge in [-0.15, -0.1) is 0 Å². The summed E-state index contributed by atoms with van der Waals surface area (Å²) >= 11 is 0. The molecule has 4 fully saturated rings. The predicted octanol–water partition coefficient (Wildman–Crippen LogP) is 3.90. The molecule has 0 saturated heterocycles. The van der Waals surface area contributed by atoms with Crippen LogP contribution < -0.4 is 5.32 Å². The number of para-hydroxylation sites is 2. The fourth-order valence-electron chi connectivity index (χ4n) is 7.61. The van der Waals surface area contributed by atoms with Crippen molar-refractivity contribution >= 4 is 22.9 Å². The van der Waals surface area contributed by atoms with Crippen LogP contribution in [0.15, 0.2) is 36.9 Å². The second-order valence-corrected chi connectivity index (χ2v) is 10.9. The zero-order valence-electron chi connectivity index (χ0n) is 20.3. The van der Waals surface area contributed by atoms with Crippen LogP contribution in [0, 0.1) is 17.3 Å². The molecule has 0 spiro atoms. The monoisotopic (exact) mass is 461 g/mol. The van der Waals surface area contributed by atoms with E-state index in [4.69, 9.17) is 4.98 Å². The molecule has 8 nitrogen and oxygen atoms in total. The normalized spacial score (nSPS) is 29.9. The van der Waals surface area contributed by atoms with Crippen LogP contribution in [0.3, 0.4) is 0 Å². The maximum atomic E-state index is 14.0. The van der Waals surface area contributed by atoms with Crippen LogP contribution in [0.4, 0.5) is 5.95 Å². The van der Waals surface area contributed by atoms with Crippen molar-refractivity contribution in [3.05, 3.63) is 36.9 Å². The molecule has 8 heteroatoms. The van der Waals surface area contributed by atoms with Crippen molar-refractivity contribution < 1.29 is 4.79 Å². The molecule has 34 heavy (non-hydrogen) atoms. The van der Waals surface area contributed by atoms with E-state index in [1.807, 2.05) is 24.5 Å². The lowest BCUT2D eigenvalue weighted by Gasteiger charge is -2.60. The molecule has 2 unspecified atom stereocenters. The van der Waals surface area contributed by atoms with Crippen molar-refractivity contribution in [3.8, 4) is 0 Å². The maximum absolute atomic E-state index is 14.0. The minimum absolute atomic E-state index is 0.0686. The zero-order valence-corrected chi connectivity index (χ0v) is 20.3. The number of likely N-dealkylation sites (N-methyl/N-ethyl adjacent to an activating group) is 1. The molecule has 4 atom stereocenters. The van der Waals surface area contributed by atoms with Gasteiger partial charge in [-0.05, 0) is 75.6 Å². The van der Waals surface area contributed by atoms with Crippen molar-refractivity contribution in [2.75, 3.05) is 25.0 Å². The number of carbonyl (C=O) groups is 1. The third-order valence-electron chi connectivity index (χ3n) is 8.83. The van der Waals surface area contributed by atoms with Crippen molar-refractivity contribution in [1.29, 1.82) is 0 Å². The molecule has 0 radical (unpaired) electrons. The summed E-state index contributed by atoms with van der Waals surface area (Å²) in [6, 6.07) is 8.19. The molecule has 7 rings (SSSR count). The molecule has 1 aromatic carbocycles. The fraction of sp³-hybridized carbons (Fsp3) is 0.615. The minimum atomic E-state index is -0.349. The quantitative estimate of drug-likeness (QED) is 0.550. The summed E-state index contributed by atoms with van der Waals surface area (Å²) in [5, 5.41) is 7.86. The molecule has 4 bridgehead atoms. The Kier molecular flexibility index (Phi) is 5.24. The van der Waals surface area contributed by atoms with Gasteiger partial charge >= 0.3 is 0 Å². The molecule has 2 heterocycles. The fourth-order valence-corrected chi connectivity index (χ4v) is 7.61. The molecular formula is C26H35N7O. The Balaban J connectivity index is 1.30. The van der Waals surface area contributed by atoms with Gasteiger partial charge in [0.05, 0.1) is 22.0 Å². The maximum Gasteiger partial charge on any atom is 0.233 e. The number of carbonyl (C=O) groups excluding carboxylic acids is 1. The first-order valence-electron chi connectivity index (χ1n) is 12.9. The summed E-state index contributed by atoms with van der Waals surface area (Å²) < 4.78 is 4.26. The van der Waals surface area contributed by atoms with E-state index < -0.39 is 0 Å². The van der Waals surface area contributed by atoms with Crippen molar-refractivity contribution in [2.45, 2.75) is 64.5 Å². The minimum Gasteiger partial charge on any atom is -0.309 e. The predicted molar refractivity (Wildman–Crippen MR) is 131 cm³/mol. The highest BCUT2D eigenvalue weighted by atomic mass is 16.2. The van der Waals surface area contributed by atoms with E-state index in [-0.39, 0.29) is 16.9 Å². The summed E-state index contributed by atoms with van der Waals surface area (Å²) in [5.74, 6) is 1.99. The van der Waals surface area contributed by atoms with Crippen molar-refractivity contribution in [2.24, 2.45) is 17.3 Å². The number of fused-ring (bicyclic) bond motifs is 1. The second-order valence-electron chi connectivity index (χ2n) is 10.9. The molecule has 1 amide bonds. The summed E-state index contributed by atoms with van der Waals surface area (Å²) in [7, 11) is 0. The van der Waals surface area contributed by atoms with Crippen molar-refractivity contribution in [1.82, 2.24) is 29.2 Å². The molecule has 180 valence electrons. The van der Waals surface area contributed by atoms with Gasteiger partial charge in [0, 0.05) is 13.1 Å². The molecule has 3 aromatic rings. The Morgan fingerprint density at radius 2 is 1.91 bits per heavy atom. The summed E-state index contributed by atoms with van der Waals surface area (Å²) in [6.07, 6.45) is 9.76. The first-order valence-corrected chi connectivity index (χ1v) is 12.9. The van der Waals surface area contributed by atoms with E-state index in [1.165, 1.54) is 6.42 Å². The van der Waals surface area contributed by atoms with Crippen LogP contribution in [0.1, 0.15) is 52.4 Å². The van der Waals surface area contributed by atoms with Crippen LogP contribution in [-0.4, -0.2) is 54.8 Å². The molecular weight excluding hydrogens is 426 g/mol. The number of imidazole rings is 1. The molecule has 0 aliphatic heterocycles. The molecule has 1 N–H and O–H groups in total. The largest absolute Gasteiger partial charge is 0.309 e. The average molecular weight is 462 g/mol. The van der Waals surface area contributed by atoms with Crippen LogP contribution in [-0.2, 0) is 16.9 Å². The molecule has 4 aliphatic rings. The number of nitrogens with one attached hydrogen (secondary N) is 1. The summed E-state index contributed by atoms with van der Waals surface area (Å²) in [5.41, 5.74) is 1.59. The van der Waals surface area contributed by atoms with E-state index in [2.05, 4.69) is 49.5 Å². The zero-order chi connectivity index (χ0) is 23.3. The number of rotatable bonds is 8. The number of anilines is 1. The van der Waals surface area contributed by atoms with Gasteiger partial charge in [0.1, 0.15) is 12.7 Å². The Morgan fingerprint density at radius 1 is 1.15 bits per heavy atom. The highest BCUT2D eigenvalue weighted by Gasteiger charge is 2.61. The highest BCUT2D eigenvalue weighted by molar-refractivity contribution is 5.96.